The van der Waals surface area contributed by atoms with Crippen LogP contribution in [-0.2, 0) is 26.2 Å². The second kappa shape index (κ2) is 9.25. The van der Waals surface area contributed by atoms with Crippen molar-refractivity contribution in [2.75, 3.05) is 0 Å². The standard InChI is InChI=1S/C28H26N2O2/c31-27-16-25-18-30(17-22-10-4-1-5-11-22)26(24-14-8-3-9-15-24)19-29(25)20-28(27)32-21-23-12-6-2-7-13-23/h1-16,20,26H,17-19,21H2. The van der Waals surface area contributed by atoms with E-state index in [2.05, 4.69) is 58.0 Å². The first-order valence-electron chi connectivity index (χ1n) is 11.0. The maximum absolute atomic E-state index is 12.8. The Morgan fingerprint density at radius 3 is 2.12 bits per heavy atom. The summed E-state index contributed by atoms with van der Waals surface area (Å²) in [5.41, 5.74) is 4.55. The number of pyridine rings is 1. The Hall–Kier alpha value is -3.63. The van der Waals surface area contributed by atoms with Gasteiger partial charge in [0.25, 0.3) is 0 Å². The fraction of sp³-hybridized carbons (Fsp3) is 0.179. The summed E-state index contributed by atoms with van der Waals surface area (Å²) in [4.78, 5) is 15.2. The molecule has 0 amide bonds. The molecule has 0 bridgehead atoms. The lowest BCUT2D eigenvalue weighted by molar-refractivity contribution is 0.129. The SMILES string of the molecule is O=c1cc2n(cc1OCc1ccccc1)CC(c1ccccc1)N(Cc1ccccc1)C2. The summed E-state index contributed by atoms with van der Waals surface area (Å²) in [6.45, 7) is 2.70. The van der Waals surface area contributed by atoms with Gasteiger partial charge in [-0.3, -0.25) is 9.69 Å². The minimum Gasteiger partial charge on any atom is -0.483 e. The molecule has 160 valence electrons. The maximum atomic E-state index is 12.8. The van der Waals surface area contributed by atoms with Gasteiger partial charge in [-0.1, -0.05) is 91.0 Å². The molecule has 0 fully saturated rings. The summed E-state index contributed by atoms with van der Waals surface area (Å²) in [7, 11) is 0. The quantitative estimate of drug-likeness (QED) is 0.429. The van der Waals surface area contributed by atoms with E-state index in [-0.39, 0.29) is 11.5 Å². The van der Waals surface area contributed by atoms with E-state index in [0.717, 1.165) is 24.3 Å². The van der Waals surface area contributed by atoms with Crippen LogP contribution in [0.15, 0.2) is 108 Å². The van der Waals surface area contributed by atoms with E-state index in [9.17, 15) is 4.79 Å². The van der Waals surface area contributed by atoms with E-state index in [0.29, 0.717) is 18.9 Å². The second-order valence-electron chi connectivity index (χ2n) is 8.24. The first-order valence-corrected chi connectivity index (χ1v) is 11.0. The molecule has 0 saturated carbocycles. The maximum Gasteiger partial charge on any atom is 0.223 e. The number of ether oxygens (including phenoxy) is 1. The van der Waals surface area contributed by atoms with Crippen LogP contribution < -0.4 is 10.2 Å². The van der Waals surface area contributed by atoms with Crippen LogP contribution in [0.4, 0.5) is 0 Å². The van der Waals surface area contributed by atoms with Crippen molar-refractivity contribution in [1.82, 2.24) is 9.47 Å². The van der Waals surface area contributed by atoms with Gasteiger partial charge in [-0.2, -0.15) is 0 Å². The second-order valence-corrected chi connectivity index (χ2v) is 8.24. The third kappa shape index (κ3) is 4.51. The fourth-order valence-corrected chi connectivity index (χ4v) is 4.34. The molecule has 2 heterocycles. The molecule has 1 aromatic heterocycles. The minimum atomic E-state index is -0.0648. The van der Waals surface area contributed by atoms with Crippen LogP contribution in [-0.4, -0.2) is 9.47 Å². The smallest absolute Gasteiger partial charge is 0.223 e. The van der Waals surface area contributed by atoms with Crippen molar-refractivity contribution < 1.29 is 4.74 Å². The van der Waals surface area contributed by atoms with Gasteiger partial charge < -0.3 is 9.30 Å². The number of fused-ring (bicyclic) bond motifs is 1. The van der Waals surface area contributed by atoms with Gasteiger partial charge in [0.1, 0.15) is 6.61 Å². The molecule has 0 aliphatic carbocycles. The topological polar surface area (TPSA) is 34.5 Å². The van der Waals surface area contributed by atoms with Crippen molar-refractivity contribution in [2.24, 2.45) is 0 Å². The summed E-state index contributed by atoms with van der Waals surface area (Å²) in [5, 5.41) is 0. The van der Waals surface area contributed by atoms with Crippen LogP contribution in [0.25, 0.3) is 0 Å². The monoisotopic (exact) mass is 422 g/mol. The normalized spacial score (nSPS) is 15.8. The third-order valence-electron chi connectivity index (χ3n) is 6.01. The molecule has 1 aliphatic rings. The van der Waals surface area contributed by atoms with E-state index < -0.39 is 0 Å². The summed E-state index contributed by atoms with van der Waals surface area (Å²) >= 11 is 0. The highest BCUT2D eigenvalue weighted by Gasteiger charge is 2.28. The predicted octanol–water partition coefficient (Wildman–Crippen LogP) is 5.18. The van der Waals surface area contributed by atoms with Crippen molar-refractivity contribution in [3.63, 3.8) is 0 Å². The fourth-order valence-electron chi connectivity index (χ4n) is 4.34. The Bertz CT molecular complexity index is 1220. The predicted molar refractivity (Wildman–Crippen MR) is 126 cm³/mol. The zero-order chi connectivity index (χ0) is 21.8. The Kier molecular flexibility index (Phi) is 5.86. The van der Waals surface area contributed by atoms with E-state index in [1.165, 1.54) is 11.1 Å². The number of hydrogen-bond donors (Lipinski definition) is 0. The average molecular weight is 423 g/mol. The van der Waals surface area contributed by atoms with Crippen LogP contribution in [0.2, 0.25) is 0 Å². The highest BCUT2D eigenvalue weighted by atomic mass is 16.5. The molecule has 1 aliphatic heterocycles. The van der Waals surface area contributed by atoms with Gasteiger partial charge in [0.05, 0.1) is 12.2 Å². The third-order valence-corrected chi connectivity index (χ3v) is 6.01. The lowest BCUT2D eigenvalue weighted by atomic mass is 10.0. The molecule has 32 heavy (non-hydrogen) atoms. The van der Waals surface area contributed by atoms with Crippen LogP contribution >= 0.6 is 0 Å². The van der Waals surface area contributed by atoms with E-state index in [1.807, 2.05) is 48.7 Å². The Labute approximate surface area is 188 Å². The summed E-state index contributed by atoms with van der Waals surface area (Å²) in [6.07, 6.45) is 1.89. The highest BCUT2D eigenvalue weighted by Crippen LogP contribution is 2.31. The molecule has 0 N–H and O–H groups in total. The van der Waals surface area contributed by atoms with Crippen molar-refractivity contribution in [1.29, 1.82) is 0 Å². The molecule has 5 rings (SSSR count). The van der Waals surface area contributed by atoms with Gasteiger partial charge in [-0.15, -0.1) is 0 Å². The van der Waals surface area contributed by atoms with Crippen molar-refractivity contribution in [3.8, 4) is 5.75 Å². The van der Waals surface area contributed by atoms with E-state index in [1.54, 1.807) is 6.07 Å². The van der Waals surface area contributed by atoms with Crippen LogP contribution in [0.3, 0.4) is 0 Å². The van der Waals surface area contributed by atoms with Gasteiger partial charge in [-0.05, 0) is 16.7 Å². The van der Waals surface area contributed by atoms with Crippen molar-refractivity contribution in [2.45, 2.75) is 32.3 Å². The number of rotatable bonds is 6. The zero-order valence-corrected chi connectivity index (χ0v) is 17.9. The van der Waals surface area contributed by atoms with Crippen LogP contribution in [0.5, 0.6) is 5.75 Å². The lowest BCUT2D eigenvalue weighted by Gasteiger charge is -2.38. The zero-order valence-electron chi connectivity index (χ0n) is 17.9. The number of nitrogens with zero attached hydrogens (tertiary/aromatic N) is 2. The molecule has 3 aromatic carbocycles. The number of benzene rings is 3. The van der Waals surface area contributed by atoms with Gasteiger partial charge >= 0.3 is 0 Å². The Morgan fingerprint density at radius 2 is 1.44 bits per heavy atom. The first-order chi connectivity index (χ1) is 15.8. The Balaban J connectivity index is 1.43. The van der Waals surface area contributed by atoms with Gasteiger partial charge in [-0.25, -0.2) is 0 Å². The molecule has 4 aromatic rings. The molecule has 0 saturated heterocycles. The summed E-state index contributed by atoms with van der Waals surface area (Å²) < 4.78 is 8.09. The van der Waals surface area contributed by atoms with Crippen molar-refractivity contribution in [3.05, 3.63) is 136 Å². The van der Waals surface area contributed by atoms with Gasteiger partial charge in [0.15, 0.2) is 5.75 Å². The molecule has 4 heteroatoms. The van der Waals surface area contributed by atoms with Gasteiger partial charge in [0.2, 0.25) is 5.43 Å². The first kappa shape index (κ1) is 20.3. The molecule has 0 spiro atoms. The van der Waals surface area contributed by atoms with Crippen LogP contribution in [0, 0.1) is 0 Å². The lowest BCUT2D eigenvalue weighted by Crippen LogP contribution is -2.38. The molecule has 1 atom stereocenters. The average Bonchev–Trinajstić information content (AvgIpc) is 2.84. The van der Waals surface area contributed by atoms with E-state index >= 15 is 0 Å². The number of aromatic nitrogens is 1. The molecular formula is C28H26N2O2. The number of hydrogen-bond acceptors (Lipinski definition) is 3. The molecule has 1 unspecified atom stereocenters. The van der Waals surface area contributed by atoms with E-state index in [4.69, 9.17) is 4.74 Å². The summed E-state index contributed by atoms with van der Waals surface area (Å²) in [5.74, 6) is 0.404. The van der Waals surface area contributed by atoms with Crippen molar-refractivity contribution >= 4 is 0 Å². The molecule has 0 radical (unpaired) electrons. The highest BCUT2D eigenvalue weighted by molar-refractivity contribution is 5.27. The Morgan fingerprint density at radius 1 is 0.812 bits per heavy atom. The summed E-state index contributed by atoms with van der Waals surface area (Å²) in [6, 6.07) is 33.0. The van der Waals surface area contributed by atoms with Crippen LogP contribution in [0.1, 0.15) is 28.4 Å². The molecule has 4 nitrogen and oxygen atoms in total. The van der Waals surface area contributed by atoms with Gasteiger partial charge in [0, 0.05) is 31.4 Å². The largest absolute Gasteiger partial charge is 0.483 e. The molecular weight excluding hydrogens is 396 g/mol. The minimum absolute atomic E-state index is 0.0648.